The molecule has 3 aromatic rings. The quantitative estimate of drug-likeness (QED) is 0.794. The van der Waals surface area contributed by atoms with E-state index in [1.54, 1.807) is 14.2 Å². The SMILES string of the molecule is COc1ccc(C2(O)c3ccccc3-c3ccccc32)cc1OC. The second-order valence-corrected chi connectivity index (χ2v) is 5.87. The molecule has 1 aliphatic rings. The number of hydrogen-bond acceptors (Lipinski definition) is 3. The van der Waals surface area contributed by atoms with Crippen LogP contribution in [0.4, 0.5) is 0 Å². The van der Waals surface area contributed by atoms with Crippen molar-refractivity contribution in [1.82, 2.24) is 0 Å². The van der Waals surface area contributed by atoms with E-state index < -0.39 is 5.60 Å². The van der Waals surface area contributed by atoms with E-state index in [2.05, 4.69) is 0 Å². The Balaban J connectivity index is 2.00. The highest BCUT2D eigenvalue weighted by molar-refractivity contribution is 5.82. The minimum absolute atomic E-state index is 0.602. The smallest absolute Gasteiger partial charge is 0.161 e. The Bertz CT molecular complexity index is 869. The van der Waals surface area contributed by atoms with Crippen LogP contribution in [0.3, 0.4) is 0 Å². The van der Waals surface area contributed by atoms with Gasteiger partial charge in [-0.25, -0.2) is 0 Å². The lowest BCUT2D eigenvalue weighted by molar-refractivity contribution is 0.130. The van der Waals surface area contributed by atoms with Crippen LogP contribution in [0.1, 0.15) is 16.7 Å². The average Bonchev–Trinajstić information content (AvgIpc) is 2.92. The van der Waals surface area contributed by atoms with E-state index in [1.165, 1.54) is 0 Å². The van der Waals surface area contributed by atoms with Gasteiger partial charge in [-0.3, -0.25) is 0 Å². The molecule has 24 heavy (non-hydrogen) atoms. The van der Waals surface area contributed by atoms with E-state index in [0.29, 0.717) is 11.5 Å². The van der Waals surface area contributed by atoms with E-state index >= 15 is 0 Å². The molecule has 0 fully saturated rings. The molecule has 0 saturated carbocycles. The summed E-state index contributed by atoms with van der Waals surface area (Å²) in [6, 6.07) is 21.5. The summed E-state index contributed by atoms with van der Waals surface area (Å²) < 4.78 is 10.7. The second-order valence-electron chi connectivity index (χ2n) is 5.87. The average molecular weight is 318 g/mol. The molecule has 4 rings (SSSR count). The molecule has 1 aliphatic carbocycles. The Morgan fingerprint density at radius 2 is 1.25 bits per heavy atom. The molecule has 3 heteroatoms. The number of aliphatic hydroxyl groups is 1. The summed E-state index contributed by atoms with van der Waals surface area (Å²) in [6.45, 7) is 0. The first-order valence-corrected chi connectivity index (χ1v) is 7.84. The van der Waals surface area contributed by atoms with Crippen molar-refractivity contribution in [3.05, 3.63) is 83.4 Å². The number of ether oxygens (including phenoxy) is 2. The highest BCUT2D eigenvalue weighted by Crippen LogP contribution is 2.51. The van der Waals surface area contributed by atoms with Gasteiger partial charge in [-0.1, -0.05) is 54.6 Å². The maximum absolute atomic E-state index is 11.8. The van der Waals surface area contributed by atoms with Crippen molar-refractivity contribution in [2.24, 2.45) is 0 Å². The summed E-state index contributed by atoms with van der Waals surface area (Å²) >= 11 is 0. The lowest BCUT2D eigenvalue weighted by Crippen LogP contribution is -2.26. The third-order valence-corrected chi connectivity index (χ3v) is 4.73. The summed E-state index contributed by atoms with van der Waals surface area (Å²) in [5.74, 6) is 1.25. The van der Waals surface area contributed by atoms with Gasteiger partial charge in [-0.15, -0.1) is 0 Å². The molecular weight excluding hydrogens is 300 g/mol. The zero-order chi connectivity index (χ0) is 16.7. The summed E-state index contributed by atoms with van der Waals surface area (Å²) in [7, 11) is 3.20. The van der Waals surface area contributed by atoms with Gasteiger partial charge in [-0.2, -0.15) is 0 Å². The van der Waals surface area contributed by atoms with Crippen LogP contribution in [-0.2, 0) is 5.60 Å². The summed E-state index contributed by atoms with van der Waals surface area (Å²) in [6.07, 6.45) is 0. The first-order chi connectivity index (χ1) is 11.7. The van der Waals surface area contributed by atoms with Crippen molar-refractivity contribution >= 4 is 0 Å². The fourth-order valence-corrected chi connectivity index (χ4v) is 3.58. The standard InChI is InChI=1S/C21H18O3/c1-23-19-12-11-14(13-20(19)24-2)21(22)17-9-5-3-7-15(17)16-8-4-6-10-18(16)21/h3-13,22H,1-2H3. The predicted molar refractivity (Wildman–Crippen MR) is 93.5 cm³/mol. The second kappa shape index (κ2) is 5.39. The minimum atomic E-state index is -1.20. The molecule has 0 saturated heterocycles. The molecule has 0 spiro atoms. The monoisotopic (exact) mass is 318 g/mol. The van der Waals surface area contributed by atoms with Gasteiger partial charge in [0.2, 0.25) is 0 Å². The van der Waals surface area contributed by atoms with Crippen LogP contribution in [0, 0.1) is 0 Å². The van der Waals surface area contributed by atoms with Crippen molar-refractivity contribution < 1.29 is 14.6 Å². The fraction of sp³-hybridized carbons (Fsp3) is 0.143. The molecule has 0 aliphatic heterocycles. The van der Waals surface area contributed by atoms with Crippen LogP contribution in [0.15, 0.2) is 66.7 Å². The van der Waals surface area contributed by atoms with Crippen LogP contribution in [0.5, 0.6) is 11.5 Å². The molecule has 0 bridgehead atoms. The summed E-state index contributed by atoms with van der Waals surface area (Å²) in [5, 5.41) is 11.8. The van der Waals surface area contributed by atoms with Crippen LogP contribution < -0.4 is 9.47 Å². The zero-order valence-electron chi connectivity index (χ0n) is 13.6. The maximum Gasteiger partial charge on any atom is 0.161 e. The Kier molecular flexibility index (Phi) is 3.32. The topological polar surface area (TPSA) is 38.7 Å². The van der Waals surface area contributed by atoms with E-state index in [9.17, 15) is 5.11 Å². The van der Waals surface area contributed by atoms with E-state index in [0.717, 1.165) is 27.8 Å². The summed E-state index contributed by atoms with van der Waals surface area (Å²) in [5.41, 5.74) is 3.46. The lowest BCUT2D eigenvalue weighted by atomic mass is 9.84. The molecule has 0 heterocycles. The van der Waals surface area contributed by atoms with Gasteiger partial charge in [0.05, 0.1) is 14.2 Å². The van der Waals surface area contributed by atoms with Crippen molar-refractivity contribution in [1.29, 1.82) is 0 Å². The van der Waals surface area contributed by atoms with E-state index in [1.807, 2.05) is 66.7 Å². The van der Waals surface area contributed by atoms with E-state index in [-0.39, 0.29) is 0 Å². The normalized spacial score (nSPS) is 14.0. The van der Waals surface area contributed by atoms with Crippen LogP contribution in [0.2, 0.25) is 0 Å². The Labute approximate surface area is 141 Å². The number of fused-ring (bicyclic) bond motifs is 3. The highest BCUT2D eigenvalue weighted by Gasteiger charge is 2.43. The maximum atomic E-state index is 11.8. The molecule has 3 aromatic carbocycles. The van der Waals surface area contributed by atoms with Gasteiger partial charge in [0, 0.05) is 11.1 Å². The molecule has 120 valence electrons. The van der Waals surface area contributed by atoms with Crippen molar-refractivity contribution in [2.75, 3.05) is 14.2 Å². The van der Waals surface area contributed by atoms with Crippen molar-refractivity contribution in [3.63, 3.8) is 0 Å². The Morgan fingerprint density at radius 3 is 1.79 bits per heavy atom. The number of benzene rings is 3. The fourth-order valence-electron chi connectivity index (χ4n) is 3.58. The zero-order valence-corrected chi connectivity index (χ0v) is 13.6. The first kappa shape index (κ1) is 14.8. The van der Waals surface area contributed by atoms with Gasteiger partial charge in [0.25, 0.3) is 0 Å². The molecule has 3 nitrogen and oxygen atoms in total. The largest absolute Gasteiger partial charge is 0.493 e. The van der Waals surface area contributed by atoms with Gasteiger partial charge >= 0.3 is 0 Å². The van der Waals surface area contributed by atoms with Crippen LogP contribution >= 0.6 is 0 Å². The van der Waals surface area contributed by atoms with Crippen molar-refractivity contribution in [2.45, 2.75) is 5.60 Å². The Hall–Kier alpha value is -2.78. The van der Waals surface area contributed by atoms with Crippen LogP contribution in [0.25, 0.3) is 11.1 Å². The number of hydrogen-bond donors (Lipinski definition) is 1. The van der Waals surface area contributed by atoms with Gasteiger partial charge in [0.15, 0.2) is 11.5 Å². The molecule has 0 unspecified atom stereocenters. The number of rotatable bonds is 3. The summed E-state index contributed by atoms with van der Waals surface area (Å²) in [4.78, 5) is 0. The molecular formula is C21H18O3. The predicted octanol–water partition coefficient (Wildman–Crippen LogP) is 3.97. The molecule has 1 N–H and O–H groups in total. The molecule has 0 aromatic heterocycles. The number of methoxy groups -OCH3 is 2. The lowest BCUT2D eigenvalue weighted by Gasteiger charge is -2.27. The van der Waals surface area contributed by atoms with Crippen LogP contribution in [-0.4, -0.2) is 19.3 Å². The third-order valence-electron chi connectivity index (χ3n) is 4.73. The van der Waals surface area contributed by atoms with Crippen molar-refractivity contribution in [3.8, 4) is 22.6 Å². The Morgan fingerprint density at radius 1 is 0.708 bits per heavy atom. The van der Waals surface area contributed by atoms with Gasteiger partial charge < -0.3 is 14.6 Å². The van der Waals surface area contributed by atoms with Gasteiger partial charge in [-0.05, 0) is 28.8 Å². The molecule has 0 atom stereocenters. The highest BCUT2D eigenvalue weighted by atomic mass is 16.5. The van der Waals surface area contributed by atoms with Gasteiger partial charge in [0.1, 0.15) is 5.60 Å². The minimum Gasteiger partial charge on any atom is -0.493 e. The van der Waals surface area contributed by atoms with E-state index in [4.69, 9.17) is 9.47 Å². The molecule has 0 radical (unpaired) electrons. The molecule has 0 amide bonds. The third kappa shape index (κ3) is 1.88. The first-order valence-electron chi connectivity index (χ1n) is 7.84.